The molecule has 3 aromatic carbocycles. The molecule has 2 heterocycles. The Morgan fingerprint density at radius 1 is 1.05 bits per heavy atom. The fourth-order valence-electron chi connectivity index (χ4n) is 4.34. The molecule has 5 rings (SSSR count). The quantitative estimate of drug-likeness (QED) is 0.196. The largest absolute Gasteiger partial charge is 0.573 e. The maximum absolute atomic E-state index is 12.4. The van der Waals surface area contributed by atoms with Crippen molar-refractivity contribution in [2.45, 2.75) is 38.8 Å². The third kappa shape index (κ3) is 6.60. The second-order valence-electron chi connectivity index (χ2n) is 9.86. The lowest BCUT2D eigenvalue weighted by atomic mass is 9.99. The van der Waals surface area contributed by atoms with Crippen LogP contribution in [0.4, 0.5) is 18.9 Å². The van der Waals surface area contributed by atoms with Gasteiger partial charge in [-0.15, -0.1) is 23.4 Å². The number of amidine groups is 1. The summed E-state index contributed by atoms with van der Waals surface area (Å²) in [4.78, 5) is 6.15. The molecule has 1 aliphatic heterocycles. The molecular formula is C29H27F3N6O2S. The van der Waals surface area contributed by atoms with Gasteiger partial charge in [0.05, 0.1) is 11.9 Å². The predicted octanol–water partition coefficient (Wildman–Crippen LogP) is 6.61. The van der Waals surface area contributed by atoms with E-state index in [4.69, 9.17) is 0 Å². The van der Waals surface area contributed by atoms with Gasteiger partial charge in [-0.2, -0.15) is 5.10 Å². The van der Waals surface area contributed by atoms with E-state index in [9.17, 15) is 18.3 Å². The smallest absolute Gasteiger partial charge is 0.406 e. The molecule has 0 spiro atoms. The van der Waals surface area contributed by atoms with Crippen molar-refractivity contribution in [3.63, 3.8) is 0 Å². The van der Waals surface area contributed by atoms with E-state index in [1.54, 1.807) is 13.1 Å². The van der Waals surface area contributed by atoms with Crippen LogP contribution in [0.25, 0.3) is 17.1 Å². The molecule has 8 nitrogen and oxygen atoms in total. The van der Waals surface area contributed by atoms with E-state index in [1.165, 1.54) is 47.0 Å². The molecule has 1 unspecified atom stereocenters. The summed E-state index contributed by atoms with van der Waals surface area (Å²) in [5.74, 6) is 0.880. The van der Waals surface area contributed by atoms with Crippen molar-refractivity contribution in [2.75, 3.05) is 10.7 Å². The van der Waals surface area contributed by atoms with Crippen molar-refractivity contribution in [1.82, 2.24) is 14.8 Å². The number of hydrogen-bond acceptors (Lipinski definition) is 7. The first-order valence-electron chi connectivity index (χ1n) is 12.7. The van der Waals surface area contributed by atoms with Gasteiger partial charge in [0.15, 0.2) is 16.7 Å². The molecule has 0 amide bonds. The highest BCUT2D eigenvalue weighted by atomic mass is 32.2. The number of hydrogen-bond donors (Lipinski definition) is 1. The van der Waals surface area contributed by atoms with Gasteiger partial charge in [0.25, 0.3) is 0 Å². The average molecular weight is 581 g/mol. The van der Waals surface area contributed by atoms with Crippen LogP contribution in [0.1, 0.15) is 37.8 Å². The number of anilines is 1. The molecule has 0 aliphatic carbocycles. The minimum atomic E-state index is -4.75. The molecule has 0 bridgehead atoms. The standard InChI is InChI=1S/C29H27F3N6O2S/c1-19(2)24-6-4-5-7-25(24)38-27(41-17-28(38,3)39)35-34-16-20-8-10-21(11-9-20)26-33-18-37(36-26)22-12-14-23(15-13-22)40-29(30,31)32/h4-16,18-19,39H,17H2,1-3H3/b34-16+,35-27-. The van der Waals surface area contributed by atoms with Gasteiger partial charge in [-0.25, -0.2) is 9.67 Å². The van der Waals surface area contributed by atoms with Crippen molar-refractivity contribution in [3.05, 3.63) is 90.3 Å². The third-order valence-corrected chi connectivity index (χ3v) is 7.51. The van der Waals surface area contributed by atoms with Gasteiger partial charge in [-0.05, 0) is 54.3 Å². The lowest BCUT2D eigenvalue weighted by Gasteiger charge is -2.32. The molecule has 41 heavy (non-hydrogen) atoms. The molecule has 1 fully saturated rings. The zero-order valence-electron chi connectivity index (χ0n) is 22.4. The van der Waals surface area contributed by atoms with Crippen LogP contribution in [-0.4, -0.2) is 49.1 Å². The first kappa shape index (κ1) is 28.4. The van der Waals surface area contributed by atoms with Crippen LogP contribution in [-0.2, 0) is 0 Å². The Hall–Kier alpha value is -4.16. The van der Waals surface area contributed by atoms with Gasteiger partial charge in [0.1, 0.15) is 12.1 Å². The van der Waals surface area contributed by atoms with Crippen molar-refractivity contribution >= 4 is 28.8 Å². The van der Waals surface area contributed by atoms with Gasteiger partial charge >= 0.3 is 6.36 Å². The van der Waals surface area contributed by atoms with E-state index < -0.39 is 12.1 Å². The molecule has 0 radical (unpaired) electrons. The SMILES string of the molecule is CC(C)c1ccccc1N1/C(=N/N=C/c2ccc(-c3ncn(-c4ccc(OC(F)(F)F)cc4)n3)cc2)SCC1(C)O. The number of ether oxygens (including phenoxy) is 1. The zero-order valence-corrected chi connectivity index (χ0v) is 23.3. The third-order valence-electron chi connectivity index (χ3n) is 6.29. The van der Waals surface area contributed by atoms with Crippen molar-refractivity contribution in [1.29, 1.82) is 0 Å². The molecule has 1 atom stereocenters. The van der Waals surface area contributed by atoms with E-state index in [1.807, 2.05) is 47.4 Å². The highest BCUT2D eigenvalue weighted by Crippen LogP contribution is 2.39. The summed E-state index contributed by atoms with van der Waals surface area (Å²) in [6, 6.07) is 20.7. The fourth-order valence-corrected chi connectivity index (χ4v) is 5.40. The van der Waals surface area contributed by atoms with E-state index in [0.717, 1.165) is 22.4 Å². The van der Waals surface area contributed by atoms with Crippen LogP contribution in [0.5, 0.6) is 5.75 Å². The Morgan fingerprint density at radius 2 is 1.76 bits per heavy atom. The van der Waals surface area contributed by atoms with Crippen molar-refractivity contribution in [3.8, 4) is 22.8 Å². The van der Waals surface area contributed by atoms with E-state index in [-0.39, 0.29) is 11.7 Å². The highest BCUT2D eigenvalue weighted by molar-refractivity contribution is 8.14. The highest BCUT2D eigenvalue weighted by Gasteiger charge is 2.41. The predicted molar refractivity (Wildman–Crippen MR) is 155 cm³/mol. The monoisotopic (exact) mass is 580 g/mol. The molecule has 1 N–H and O–H groups in total. The van der Waals surface area contributed by atoms with E-state index in [0.29, 0.717) is 22.4 Å². The number of aromatic nitrogens is 3. The summed E-state index contributed by atoms with van der Waals surface area (Å²) in [7, 11) is 0. The Labute approximate surface area is 239 Å². The normalized spacial score (nSPS) is 18.6. The van der Waals surface area contributed by atoms with Gasteiger partial charge < -0.3 is 9.84 Å². The number of aliphatic hydroxyl groups is 1. The Morgan fingerprint density at radius 3 is 2.44 bits per heavy atom. The molecule has 1 aliphatic rings. The topological polar surface area (TPSA) is 88.1 Å². The maximum atomic E-state index is 12.4. The van der Waals surface area contributed by atoms with Crippen LogP contribution >= 0.6 is 11.8 Å². The Kier molecular flexibility index (Phi) is 7.87. The zero-order chi connectivity index (χ0) is 29.2. The van der Waals surface area contributed by atoms with E-state index >= 15 is 0 Å². The summed E-state index contributed by atoms with van der Waals surface area (Å²) in [5, 5.41) is 24.8. The van der Waals surface area contributed by atoms with Crippen molar-refractivity contribution < 1.29 is 23.0 Å². The summed E-state index contributed by atoms with van der Waals surface area (Å²) < 4.78 is 42.5. The fraction of sp³-hybridized carbons (Fsp3) is 0.241. The number of para-hydroxylation sites is 1. The number of rotatable bonds is 7. The molecule has 12 heteroatoms. The molecule has 1 saturated heterocycles. The summed E-state index contributed by atoms with van der Waals surface area (Å²) in [5.41, 5.74) is 3.03. The van der Waals surface area contributed by atoms with E-state index in [2.05, 4.69) is 44.9 Å². The first-order valence-corrected chi connectivity index (χ1v) is 13.7. The van der Waals surface area contributed by atoms with Crippen LogP contribution < -0.4 is 9.64 Å². The lowest BCUT2D eigenvalue weighted by molar-refractivity contribution is -0.274. The van der Waals surface area contributed by atoms with Gasteiger partial charge in [0, 0.05) is 17.0 Å². The number of halogens is 3. The maximum Gasteiger partial charge on any atom is 0.573 e. The summed E-state index contributed by atoms with van der Waals surface area (Å²) >= 11 is 1.45. The molecule has 4 aromatic rings. The van der Waals surface area contributed by atoms with Gasteiger partial charge in [-0.1, -0.05) is 68.1 Å². The molecular weight excluding hydrogens is 553 g/mol. The number of alkyl halides is 3. The number of nitrogens with zero attached hydrogens (tertiary/aromatic N) is 6. The van der Waals surface area contributed by atoms with Crippen LogP contribution in [0.15, 0.2) is 89.3 Å². The molecule has 1 aromatic heterocycles. The number of thioether (sulfide) groups is 1. The van der Waals surface area contributed by atoms with Crippen LogP contribution in [0.2, 0.25) is 0 Å². The van der Waals surface area contributed by atoms with Gasteiger partial charge in [-0.3, -0.25) is 4.90 Å². The summed E-state index contributed by atoms with van der Waals surface area (Å²) in [6.45, 7) is 6.00. The Bertz CT molecular complexity index is 1560. The molecule has 0 saturated carbocycles. The number of benzene rings is 3. The molecule has 212 valence electrons. The second kappa shape index (κ2) is 11.4. The lowest BCUT2D eigenvalue weighted by Crippen LogP contribution is -2.45. The van der Waals surface area contributed by atoms with Crippen molar-refractivity contribution in [2.24, 2.45) is 10.2 Å². The average Bonchev–Trinajstić information content (AvgIpc) is 3.53. The minimum absolute atomic E-state index is 0.273. The van der Waals surface area contributed by atoms with Crippen LogP contribution in [0.3, 0.4) is 0 Å². The Balaban J connectivity index is 1.29. The first-order chi connectivity index (χ1) is 19.5. The second-order valence-corrected chi connectivity index (χ2v) is 10.8. The van der Waals surface area contributed by atoms with Crippen LogP contribution in [0, 0.1) is 0 Å². The van der Waals surface area contributed by atoms with Gasteiger partial charge in [0.2, 0.25) is 0 Å². The minimum Gasteiger partial charge on any atom is -0.406 e. The summed E-state index contributed by atoms with van der Waals surface area (Å²) in [6.07, 6.45) is -1.63.